The summed E-state index contributed by atoms with van der Waals surface area (Å²) in [6.45, 7) is 3.29. The zero-order chi connectivity index (χ0) is 16.3. The number of anilines is 1. The summed E-state index contributed by atoms with van der Waals surface area (Å²) >= 11 is 0. The zero-order valence-electron chi connectivity index (χ0n) is 13.5. The van der Waals surface area contributed by atoms with Gasteiger partial charge in [0, 0.05) is 18.4 Å². The van der Waals surface area contributed by atoms with Gasteiger partial charge in [-0.1, -0.05) is 24.3 Å². The average molecular weight is 439 g/mol. The van der Waals surface area contributed by atoms with Crippen LogP contribution < -0.4 is 16.0 Å². The maximum atomic E-state index is 11.9. The Hall–Kier alpha value is -2.16. The molecule has 0 fully saturated rings. The Morgan fingerprint density at radius 2 is 1.83 bits per heavy atom. The van der Waals surface area contributed by atoms with E-state index in [1.807, 2.05) is 55.5 Å². The topological polar surface area (TPSA) is 78.4 Å². The van der Waals surface area contributed by atoms with Crippen molar-refractivity contribution in [3.8, 4) is 0 Å². The fourth-order valence-corrected chi connectivity index (χ4v) is 1.88. The summed E-state index contributed by atoms with van der Waals surface area (Å²) in [6, 6.07) is 15.0. The Morgan fingerprint density at radius 3 is 2.50 bits per heavy atom. The largest absolute Gasteiger partial charge is 0.357 e. The fourth-order valence-electron chi connectivity index (χ4n) is 1.88. The molecule has 0 saturated carbocycles. The number of hydrogen-bond acceptors (Lipinski definition) is 3. The van der Waals surface area contributed by atoms with E-state index in [1.54, 1.807) is 6.20 Å². The lowest BCUT2D eigenvalue weighted by Crippen LogP contribution is -2.41. The third kappa shape index (κ3) is 7.40. The highest BCUT2D eigenvalue weighted by Gasteiger charge is 2.04. The summed E-state index contributed by atoms with van der Waals surface area (Å²) < 4.78 is 0. The molecule has 3 N–H and O–H groups in total. The summed E-state index contributed by atoms with van der Waals surface area (Å²) in [4.78, 5) is 20.6. The second kappa shape index (κ2) is 11.4. The SMILES string of the molecule is CCNC(=NCc1ccccn1)NCC(=O)Nc1ccccc1.I. The van der Waals surface area contributed by atoms with Gasteiger partial charge in [-0.3, -0.25) is 9.78 Å². The average Bonchev–Trinajstić information content (AvgIpc) is 2.59. The van der Waals surface area contributed by atoms with Crippen LogP contribution in [0.2, 0.25) is 0 Å². The van der Waals surface area contributed by atoms with Crippen LogP contribution in [-0.2, 0) is 11.3 Å². The van der Waals surface area contributed by atoms with Crippen LogP contribution in [0.25, 0.3) is 0 Å². The van der Waals surface area contributed by atoms with Gasteiger partial charge in [0.25, 0.3) is 0 Å². The lowest BCUT2D eigenvalue weighted by Gasteiger charge is -2.11. The number of halogens is 1. The van der Waals surface area contributed by atoms with Crippen molar-refractivity contribution in [1.29, 1.82) is 0 Å². The first-order valence-corrected chi connectivity index (χ1v) is 7.55. The Kier molecular flexibility index (Phi) is 9.44. The van der Waals surface area contributed by atoms with Crippen molar-refractivity contribution < 1.29 is 4.79 Å². The molecule has 0 saturated heterocycles. The van der Waals surface area contributed by atoms with Gasteiger partial charge in [0.2, 0.25) is 5.91 Å². The highest BCUT2D eigenvalue weighted by molar-refractivity contribution is 14.0. The van der Waals surface area contributed by atoms with Gasteiger partial charge in [-0.2, -0.15) is 0 Å². The van der Waals surface area contributed by atoms with Gasteiger partial charge < -0.3 is 16.0 Å². The van der Waals surface area contributed by atoms with E-state index in [0.717, 1.165) is 11.4 Å². The summed E-state index contributed by atoms with van der Waals surface area (Å²) in [6.07, 6.45) is 1.73. The predicted octanol–water partition coefficient (Wildman–Crippen LogP) is 2.39. The van der Waals surface area contributed by atoms with E-state index in [2.05, 4.69) is 25.9 Å². The summed E-state index contributed by atoms with van der Waals surface area (Å²) in [5, 5.41) is 8.93. The lowest BCUT2D eigenvalue weighted by atomic mass is 10.3. The van der Waals surface area contributed by atoms with Gasteiger partial charge in [-0.05, 0) is 31.2 Å². The molecule has 0 radical (unpaired) electrons. The molecule has 0 aliphatic heterocycles. The molecule has 1 aromatic carbocycles. The molecule has 2 aromatic rings. The number of aliphatic imine (C=N–C) groups is 1. The molecule has 128 valence electrons. The van der Waals surface area contributed by atoms with E-state index in [-0.39, 0.29) is 36.4 Å². The van der Waals surface area contributed by atoms with Crippen molar-refractivity contribution in [3.05, 3.63) is 60.4 Å². The Morgan fingerprint density at radius 1 is 1.08 bits per heavy atom. The number of aromatic nitrogens is 1. The Labute approximate surface area is 159 Å². The standard InChI is InChI=1S/C17H21N5O.HI/c1-2-18-17(20-12-15-10-6-7-11-19-15)21-13-16(23)22-14-8-4-3-5-9-14;/h3-11H,2,12-13H2,1H3,(H,22,23)(H2,18,20,21);1H. The van der Waals surface area contributed by atoms with Gasteiger partial charge in [0.15, 0.2) is 5.96 Å². The van der Waals surface area contributed by atoms with E-state index >= 15 is 0 Å². The number of benzene rings is 1. The second-order valence-electron chi connectivity index (χ2n) is 4.78. The Balaban J connectivity index is 0.00000288. The number of nitrogens with one attached hydrogen (secondary N) is 3. The van der Waals surface area contributed by atoms with Crippen molar-refractivity contribution >= 4 is 41.5 Å². The Bertz CT molecular complexity index is 634. The first-order chi connectivity index (χ1) is 11.3. The number of carbonyl (C=O) groups excluding carboxylic acids is 1. The van der Waals surface area contributed by atoms with E-state index in [1.165, 1.54) is 0 Å². The molecule has 0 spiro atoms. The number of pyridine rings is 1. The number of hydrogen-bond donors (Lipinski definition) is 3. The number of rotatable bonds is 6. The minimum absolute atomic E-state index is 0. The molecule has 24 heavy (non-hydrogen) atoms. The quantitative estimate of drug-likeness (QED) is 0.367. The van der Waals surface area contributed by atoms with Gasteiger partial charge in [0.05, 0.1) is 18.8 Å². The molecule has 1 aromatic heterocycles. The third-order valence-corrected chi connectivity index (χ3v) is 2.94. The van der Waals surface area contributed by atoms with Crippen molar-refractivity contribution in [2.24, 2.45) is 4.99 Å². The van der Waals surface area contributed by atoms with E-state index in [9.17, 15) is 4.79 Å². The minimum atomic E-state index is -0.125. The maximum Gasteiger partial charge on any atom is 0.243 e. The number of carbonyl (C=O) groups is 1. The summed E-state index contributed by atoms with van der Waals surface area (Å²) in [7, 11) is 0. The lowest BCUT2D eigenvalue weighted by molar-refractivity contribution is -0.115. The smallest absolute Gasteiger partial charge is 0.243 e. The van der Waals surface area contributed by atoms with E-state index in [4.69, 9.17) is 0 Å². The summed E-state index contributed by atoms with van der Waals surface area (Å²) in [5.41, 5.74) is 1.65. The van der Waals surface area contributed by atoms with Crippen LogP contribution in [0, 0.1) is 0 Å². The van der Waals surface area contributed by atoms with Crippen molar-refractivity contribution in [2.75, 3.05) is 18.4 Å². The van der Waals surface area contributed by atoms with Crippen molar-refractivity contribution in [3.63, 3.8) is 0 Å². The molecule has 6 nitrogen and oxygen atoms in total. The molecular formula is C17H22IN5O. The first-order valence-electron chi connectivity index (χ1n) is 7.55. The van der Waals surface area contributed by atoms with Gasteiger partial charge in [-0.25, -0.2) is 4.99 Å². The molecular weight excluding hydrogens is 417 g/mol. The van der Waals surface area contributed by atoms with Gasteiger partial charge in [0.1, 0.15) is 0 Å². The minimum Gasteiger partial charge on any atom is -0.357 e. The molecule has 1 amide bonds. The molecule has 2 rings (SSSR count). The van der Waals surface area contributed by atoms with Gasteiger partial charge >= 0.3 is 0 Å². The normalized spacial score (nSPS) is 10.5. The van der Waals surface area contributed by atoms with Crippen LogP contribution in [0.15, 0.2) is 59.7 Å². The third-order valence-electron chi connectivity index (χ3n) is 2.94. The first kappa shape index (κ1) is 19.9. The van der Waals surface area contributed by atoms with Crippen LogP contribution in [0.3, 0.4) is 0 Å². The molecule has 0 unspecified atom stereocenters. The maximum absolute atomic E-state index is 11.9. The molecule has 0 aliphatic carbocycles. The number of guanidine groups is 1. The van der Waals surface area contributed by atoms with Crippen LogP contribution in [0.4, 0.5) is 5.69 Å². The number of nitrogens with zero attached hydrogens (tertiary/aromatic N) is 2. The zero-order valence-corrected chi connectivity index (χ0v) is 15.9. The number of para-hydroxylation sites is 1. The highest BCUT2D eigenvalue weighted by Crippen LogP contribution is 2.03. The van der Waals surface area contributed by atoms with Crippen LogP contribution in [0.5, 0.6) is 0 Å². The van der Waals surface area contributed by atoms with Crippen molar-refractivity contribution in [1.82, 2.24) is 15.6 Å². The van der Waals surface area contributed by atoms with Crippen LogP contribution in [-0.4, -0.2) is 29.9 Å². The molecule has 0 bridgehead atoms. The summed E-state index contributed by atoms with van der Waals surface area (Å²) in [5.74, 6) is 0.459. The fraction of sp³-hybridized carbons (Fsp3) is 0.235. The molecule has 0 atom stereocenters. The molecule has 0 aliphatic rings. The van der Waals surface area contributed by atoms with E-state index < -0.39 is 0 Å². The van der Waals surface area contributed by atoms with Crippen molar-refractivity contribution in [2.45, 2.75) is 13.5 Å². The van der Waals surface area contributed by atoms with Crippen LogP contribution in [0.1, 0.15) is 12.6 Å². The van der Waals surface area contributed by atoms with Crippen LogP contribution >= 0.6 is 24.0 Å². The molecule has 7 heteroatoms. The monoisotopic (exact) mass is 439 g/mol. The number of amides is 1. The predicted molar refractivity (Wildman–Crippen MR) is 108 cm³/mol. The van der Waals surface area contributed by atoms with E-state index in [0.29, 0.717) is 19.0 Å². The highest BCUT2D eigenvalue weighted by atomic mass is 127. The van der Waals surface area contributed by atoms with Gasteiger partial charge in [-0.15, -0.1) is 24.0 Å². The molecule has 1 heterocycles. The second-order valence-corrected chi connectivity index (χ2v) is 4.78.